The van der Waals surface area contributed by atoms with E-state index in [1.54, 1.807) is 35.9 Å². The molecule has 0 bridgehead atoms. The lowest BCUT2D eigenvalue weighted by Gasteiger charge is -2.37. The molecule has 214 valence electrons. The van der Waals surface area contributed by atoms with Gasteiger partial charge in [-0.25, -0.2) is 9.59 Å². The summed E-state index contributed by atoms with van der Waals surface area (Å²) in [5, 5.41) is 2.69. The molecule has 12 heteroatoms. The van der Waals surface area contributed by atoms with Crippen molar-refractivity contribution in [1.82, 2.24) is 24.3 Å². The Labute approximate surface area is 235 Å². The molecule has 2 aliphatic heterocycles. The topological polar surface area (TPSA) is 143 Å². The van der Waals surface area contributed by atoms with Crippen molar-refractivity contribution in [3.05, 3.63) is 52.6 Å². The van der Waals surface area contributed by atoms with Gasteiger partial charge in [0.15, 0.2) is 0 Å². The minimum absolute atomic E-state index is 0. The second-order valence-electron chi connectivity index (χ2n) is 11.0. The van der Waals surface area contributed by atoms with Crippen LogP contribution in [0.5, 0.6) is 0 Å². The van der Waals surface area contributed by atoms with Gasteiger partial charge in [-0.15, -0.1) is 12.4 Å². The molecule has 2 aromatic rings. The lowest BCUT2D eigenvalue weighted by atomic mass is 9.94. The number of carbonyl (C=O) groups excluding carboxylic acids is 2. The van der Waals surface area contributed by atoms with Crippen LogP contribution in [0.15, 0.2) is 41.3 Å². The summed E-state index contributed by atoms with van der Waals surface area (Å²) in [6, 6.07) is 9.44. The van der Waals surface area contributed by atoms with E-state index in [-0.39, 0.29) is 30.2 Å². The zero-order chi connectivity index (χ0) is 27.4. The average Bonchev–Trinajstić information content (AvgIpc) is 2.89. The number of piperidine rings is 1. The summed E-state index contributed by atoms with van der Waals surface area (Å²) in [4.78, 5) is 47.5. The number of piperazine rings is 1. The van der Waals surface area contributed by atoms with E-state index in [2.05, 4.69) is 22.1 Å². The first-order valence-electron chi connectivity index (χ1n) is 13.3. The molecule has 0 saturated carbocycles. The quantitative estimate of drug-likeness (QED) is 0.483. The minimum atomic E-state index is -0.945. The first kappa shape index (κ1) is 30.6. The number of halogens is 1. The number of likely N-dealkylation sites (tertiary alicyclic amines) is 1. The number of aromatic nitrogens is 2. The van der Waals surface area contributed by atoms with Gasteiger partial charge in [0.05, 0.1) is 11.2 Å². The van der Waals surface area contributed by atoms with Crippen molar-refractivity contribution < 1.29 is 9.59 Å². The van der Waals surface area contributed by atoms with Crippen LogP contribution >= 0.6 is 12.4 Å². The number of carbonyl (C=O) groups is 2. The van der Waals surface area contributed by atoms with Crippen LogP contribution in [0.2, 0.25) is 0 Å². The Morgan fingerprint density at radius 1 is 1.05 bits per heavy atom. The Kier molecular flexibility index (Phi) is 10.1. The molecule has 2 saturated heterocycles. The van der Waals surface area contributed by atoms with Crippen LogP contribution in [-0.2, 0) is 11.2 Å². The maximum atomic E-state index is 12.7. The van der Waals surface area contributed by atoms with Crippen LogP contribution in [0.25, 0.3) is 5.69 Å². The van der Waals surface area contributed by atoms with Crippen LogP contribution < -0.4 is 22.5 Å². The molecule has 2 fully saturated rings. The highest BCUT2D eigenvalue weighted by Crippen LogP contribution is 2.16. The molecular weight excluding hydrogens is 520 g/mol. The number of hydrogen-bond donors (Lipinski definition) is 3. The van der Waals surface area contributed by atoms with Crippen molar-refractivity contribution in [2.75, 3.05) is 51.1 Å². The van der Waals surface area contributed by atoms with Gasteiger partial charge in [-0.3, -0.25) is 14.7 Å². The summed E-state index contributed by atoms with van der Waals surface area (Å²) in [5.74, 6) is 0.561. The standard InChI is InChI=1S/C27H40N8O3.ClH/c1-19-18-32(12-9-22(19)28)11-8-20-4-6-21(7-5-20)35-13-10-23(31-26(35)38)30-25(37)34-16-14-33(15-17-34)24(36)27(2,3)29;/h4-7,10,13,19,22H,8-9,11-12,14-18,28-29H2,1-3H3,(H,30,31,37,38);1H/t19-,22-;/m0./s1. The predicted octanol–water partition coefficient (Wildman–Crippen LogP) is 1.28. The third-order valence-corrected chi connectivity index (χ3v) is 7.43. The molecule has 2 atom stereocenters. The number of benzene rings is 1. The molecule has 0 aliphatic carbocycles. The van der Waals surface area contributed by atoms with Gasteiger partial charge in [0.2, 0.25) is 5.91 Å². The lowest BCUT2D eigenvalue weighted by Crippen LogP contribution is -2.58. The van der Waals surface area contributed by atoms with Crippen molar-refractivity contribution in [2.45, 2.75) is 45.2 Å². The van der Waals surface area contributed by atoms with E-state index in [4.69, 9.17) is 11.5 Å². The molecule has 0 spiro atoms. The number of amides is 3. The zero-order valence-electron chi connectivity index (χ0n) is 23.0. The highest BCUT2D eigenvalue weighted by atomic mass is 35.5. The molecule has 3 amide bonds. The molecule has 39 heavy (non-hydrogen) atoms. The van der Waals surface area contributed by atoms with E-state index in [1.807, 2.05) is 24.3 Å². The van der Waals surface area contributed by atoms with Gasteiger partial charge in [0.1, 0.15) is 5.82 Å². The number of rotatable bonds is 6. The molecule has 1 aromatic heterocycles. The fourth-order valence-corrected chi connectivity index (χ4v) is 4.94. The van der Waals surface area contributed by atoms with Crippen LogP contribution in [0.3, 0.4) is 0 Å². The molecule has 4 rings (SSSR count). The number of anilines is 1. The van der Waals surface area contributed by atoms with Crippen molar-refractivity contribution in [1.29, 1.82) is 0 Å². The number of nitrogens with one attached hydrogen (secondary N) is 1. The van der Waals surface area contributed by atoms with Crippen molar-refractivity contribution in [3.8, 4) is 5.69 Å². The first-order chi connectivity index (χ1) is 18.0. The van der Waals surface area contributed by atoms with E-state index in [1.165, 1.54) is 10.1 Å². The molecule has 3 heterocycles. The minimum Gasteiger partial charge on any atom is -0.338 e. The van der Waals surface area contributed by atoms with E-state index in [0.29, 0.717) is 43.8 Å². The van der Waals surface area contributed by atoms with Gasteiger partial charge in [0, 0.05) is 51.5 Å². The fraction of sp³-hybridized carbons (Fsp3) is 0.556. The fourth-order valence-electron chi connectivity index (χ4n) is 4.94. The van der Waals surface area contributed by atoms with Crippen LogP contribution in [0.1, 0.15) is 32.8 Å². The monoisotopic (exact) mass is 560 g/mol. The third kappa shape index (κ3) is 7.78. The smallest absolute Gasteiger partial charge is 0.338 e. The number of nitrogens with zero attached hydrogens (tertiary/aromatic N) is 5. The van der Waals surface area contributed by atoms with Gasteiger partial charge < -0.3 is 26.2 Å². The lowest BCUT2D eigenvalue weighted by molar-refractivity contribution is -0.137. The van der Waals surface area contributed by atoms with Gasteiger partial charge >= 0.3 is 11.7 Å². The van der Waals surface area contributed by atoms with Gasteiger partial charge in [-0.1, -0.05) is 19.1 Å². The largest absolute Gasteiger partial charge is 0.354 e. The molecule has 0 radical (unpaired) electrons. The summed E-state index contributed by atoms with van der Waals surface area (Å²) >= 11 is 0. The summed E-state index contributed by atoms with van der Waals surface area (Å²) in [6.07, 6.45) is 3.59. The normalized spacial score (nSPS) is 20.3. The van der Waals surface area contributed by atoms with Crippen molar-refractivity contribution >= 4 is 30.2 Å². The Morgan fingerprint density at radius 3 is 2.28 bits per heavy atom. The summed E-state index contributed by atoms with van der Waals surface area (Å²) in [5.41, 5.74) is 12.5. The molecule has 2 aliphatic rings. The summed E-state index contributed by atoms with van der Waals surface area (Å²) in [6.45, 7) is 10.2. The third-order valence-electron chi connectivity index (χ3n) is 7.43. The summed E-state index contributed by atoms with van der Waals surface area (Å²) in [7, 11) is 0. The van der Waals surface area contributed by atoms with Crippen LogP contribution in [0.4, 0.5) is 10.6 Å². The van der Waals surface area contributed by atoms with Gasteiger partial charge in [-0.2, -0.15) is 4.98 Å². The maximum absolute atomic E-state index is 12.7. The number of urea groups is 1. The zero-order valence-corrected chi connectivity index (χ0v) is 23.8. The summed E-state index contributed by atoms with van der Waals surface area (Å²) < 4.78 is 1.45. The van der Waals surface area contributed by atoms with Gasteiger partial charge in [-0.05, 0) is 62.9 Å². The van der Waals surface area contributed by atoms with Crippen molar-refractivity contribution in [2.24, 2.45) is 17.4 Å². The van der Waals surface area contributed by atoms with E-state index >= 15 is 0 Å². The Bertz CT molecular complexity index is 1190. The Hall–Kier alpha value is -2.99. The van der Waals surface area contributed by atoms with E-state index in [9.17, 15) is 14.4 Å². The molecule has 0 unspecified atom stereocenters. The number of hydrogen-bond acceptors (Lipinski definition) is 7. The van der Waals surface area contributed by atoms with Crippen LogP contribution in [0, 0.1) is 5.92 Å². The number of nitrogens with two attached hydrogens (primary N) is 2. The molecule has 5 N–H and O–H groups in total. The average molecular weight is 561 g/mol. The molecule has 1 aromatic carbocycles. The highest BCUT2D eigenvalue weighted by molar-refractivity contribution is 5.89. The van der Waals surface area contributed by atoms with Crippen LogP contribution in [-0.4, -0.2) is 93.6 Å². The Morgan fingerprint density at radius 2 is 1.69 bits per heavy atom. The van der Waals surface area contributed by atoms with Crippen molar-refractivity contribution in [3.63, 3.8) is 0 Å². The molecular formula is C27H41ClN8O3. The van der Waals surface area contributed by atoms with E-state index < -0.39 is 11.2 Å². The second kappa shape index (κ2) is 12.9. The highest BCUT2D eigenvalue weighted by Gasteiger charge is 2.31. The Balaban J connectivity index is 0.00000420. The van der Waals surface area contributed by atoms with Gasteiger partial charge in [0.25, 0.3) is 0 Å². The predicted molar refractivity (Wildman–Crippen MR) is 154 cm³/mol. The first-order valence-corrected chi connectivity index (χ1v) is 13.3. The van der Waals surface area contributed by atoms with E-state index in [0.717, 1.165) is 32.5 Å². The maximum Gasteiger partial charge on any atom is 0.354 e. The second-order valence-corrected chi connectivity index (χ2v) is 11.0. The molecule has 11 nitrogen and oxygen atoms in total. The SMILES string of the molecule is C[C@H]1CN(CCc2ccc(-n3ccc(NC(=O)N4CCN(C(=O)C(C)(C)N)CC4)nc3=O)cc2)CC[C@@H]1N.Cl.